The van der Waals surface area contributed by atoms with Crippen LogP contribution in [0.2, 0.25) is 0 Å². The van der Waals surface area contributed by atoms with Gasteiger partial charge in [-0.1, -0.05) is 25.6 Å². The number of nitrogens with one attached hydrogen (secondary N) is 2. The van der Waals surface area contributed by atoms with E-state index in [9.17, 15) is 20.1 Å². The third-order valence-electron chi connectivity index (χ3n) is 8.06. The fourth-order valence-corrected chi connectivity index (χ4v) is 7.80. The number of nitriles is 2. The Kier molecular flexibility index (Phi) is 5.39. The van der Waals surface area contributed by atoms with Crippen LogP contribution in [0.4, 0.5) is 0 Å². The fourth-order valence-electron chi connectivity index (χ4n) is 6.82. The van der Waals surface area contributed by atoms with Gasteiger partial charge in [0.1, 0.15) is 5.92 Å². The summed E-state index contributed by atoms with van der Waals surface area (Å²) in [5, 5.41) is 25.2. The van der Waals surface area contributed by atoms with Crippen LogP contribution >= 0.6 is 11.8 Å². The molecule has 1 aliphatic heterocycles. The molecule has 2 amide bonds. The van der Waals surface area contributed by atoms with Crippen LogP contribution in [0.3, 0.4) is 0 Å². The van der Waals surface area contributed by atoms with E-state index in [0.717, 1.165) is 17.8 Å². The Bertz CT molecular complexity index is 843. The number of thioether (sulfide) groups is 1. The standard InChI is InChI=1S/C23H30N4O2S/c1-13(23-7-14-4-15(8-23)6-16(5-14)9-23)26-19(28)12-30-21-18(11-25)22(2,3)17(10-24)20(29)27-21/h13-17H,4-9,12H2,1-3H3,(H,26,28)(H,27,29). The highest BCUT2D eigenvalue weighted by molar-refractivity contribution is 8.03. The molecule has 5 rings (SSSR count). The van der Waals surface area contributed by atoms with Crippen molar-refractivity contribution in [3.8, 4) is 12.1 Å². The molecule has 5 aliphatic rings. The molecular weight excluding hydrogens is 396 g/mol. The summed E-state index contributed by atoms with van der Waals surface area (Å²) in [7, 11) is 0. The summed E-state index contributed by atoms with van der Waals surface area (Å²) in [6, 6.07) is 4.28. The zero-order valence-corrected chi connectivity index (χ0v) is 18.8. The fraction of sp³-hybridized carbons (Fsp3) is 0.739. The molecule has 4 fully saturated rings. The Labute approximate surface area is 182 Å². The van der Waals surface area contributed by atoms with Crippen molar-refractivity contribution in [1.29, 1.82) is 10.5 Å². The number of hydrogen-bond donors (Lipinski definition) is 2. The van der Waals surface area contributed by atoms with Gasteiger partial charge in [-0.25, -0.2) is 0 Å². The van der Waals surface area contributed by atoms with Crippen LogP contribution < -0.4 is 10.6 Å². The van der Waals surface area contributed by atoms with Crippen molar-refractivity contribution in [2.45, 2.75) is 65.3 Å². The normalized spacial score (nSPS) is 37.2. The lowest BCUT2D eigenvalue weighted by Crippen LogP contribution is -2.56. The first-order valence-electron chi connectivity index (χ1n) is 11.0. The summed E-state index contributed by atoms with van der Waals surface area (Å²) in [6.45, 7) is 5.61. The average Bonchev–Trinajstić information content (AvgIpc) is 2.64. The highest BCUT2D eigenvalue weighted by Crippen LogP contribution is 2.61. The Morgan fingerprint density at radius 2 is 1.77 bits per heavy atom. The van der Waals surface area contributed by atoms with E-state index >= 15 is 0 Å². The van der Waals surface area contributed by atoms with Crippen LogP contribution in [0.5, 0.6) is 0 Å². The Morgan fingerprint density at radius 3 is 2.27 bits per heavy atom. The van der Waals surface area contributed by atoms with E-state index < -0.39 is 17.2 Å². The minimum absolute atomic E-state index is 0.0671. The smallest absolute Gasteiger partial charge is 0.243 e. The second-order valence-electron chi connectivity index (χ2n) is 10.4. The molecule has 6 nitrogen and oxygen atoms in total. The number of rotatable bonds is 5. The SMILES string of the molecule is CC(NC(=O)CSC1=C(C#N)C(C)(C)C(C#N)C(=O)N1)C12CC3CC(CC(C3)C1)C2. The molecule has 7 heteroatoms. The molecule has 0 aromatic carbocycles. The molecule has 0 spiro atoms. The molecule has 4 aliphatic carbocycles. The van der Waals surface area contributed by atoms with Crippen molar-refractivity contribution in [3.63, 3.8) is 0 Å². The minimum Gasteiger partial charge on any atom is -0.352 e. The lowest BCUT2D eigenvalue weighted by molar-refractivity contribution is -0.125. The van der Waals surface area contributed by atoms with Gasteiger partial charge < -0.3 is 10.6 Å². The van der Waals surface area contributed by atoms with E-state index in [1.54, 1.807) is 13.8 Å². The second-order valence-corrected chi connectivity index (χ2v) is 11.4. The molecule has 2 unspecified atom stereocenters. The van der Waals surface area contributed by atoms with Crippen molar-refractivity contribution in [3.05, 3.63) is 10.6 Å². The molecule has 2 N–H and O–H groups in total. The van der Waals surface area contributed by atoms with Crippen LogP contribution in [-0.2, 0) is 9.59 Å². The third-order valence-corrected chi connectivity index (χ3v) is 9.06. The average molecular weight is 427 g/mol. The van der Waals surface area contributed by atoms with E-state index in [2.05, 4.69) is 23.6 Å². The molecule has 0 saturated heterocycles. The summed E-state index contributed by atoms with van der Waals surface area (Å²) < 4.78 is 0. The van der Waals surface area contributed by atoms with Crippen LogP contribution in [0.15, 0.2) is 10.6 Å². The molecule has 160 valence electrons. The predicted molar refractivity (Wildman–Crippen MR) is 114 cm³/mol. The van der Waals surface area contributed by atoms with E-state index in [1.807, 2.05) is 6.07 Å². The van der Waals surface area contributed by atoms with E-state index in [4.69, 9.17) is 0 Å². The van der Waals surface area contributed by atoms with Crippen molar-refractivity contribution in [1.82, 2.24) is 10.6 Å². The van der Waals surface area contributed by atoms with Gasteiger partial charge in [-0.2, -0.15) is 10.5 Å². The van der Waals surface area contributed by atoms with Crippen molar-refractivity contribution in [2.24, 2.45) is 34.5 Å². The van der Waals surface area contributed by atoms with E-state index in [1.165, 1.54) is 50.3 Å². The van der Waals surface area contributed by atoms with E-state index in [-0.39, 0.29) is 23.1 Å². The van der Waals surface area contributed by atoms with Crippen molar-refractivity contribution >= 4 is 23.6 Å². The Balaban J connectivity index is 1.40. The maximum atomic E-state index is 12.7. The number of nitrogens with zero attached hydrogens (tertiary/aromatic N) is 2. The molecule has 4 bridgehead atoms. The molecule has 0 radical (unpaired) electrons. The van der Waals surface area contributed by atoms with Gasteiger partial charge in [-0.15, -0.1) is 0 Å². The number of hydrogen-bond acceptors (Lipinski definition) is 5. The molecule has 4 saturated carbocycles. The number of amides is 2. The third kappa shape index (κ3) is 3.52. The van der Waals surface area contributed by atoms with Gasteiger partial charge in [0.2, 0.25) is 11.8 Å². The Hall–Kier alpha value is -1.99. The molecule has 0 aromatic heterocycles. The molecule has 0 aromatic rings. The van der Waals surface area contributed by atoms with Crippen LogP contribution in [0.1, 0.15) is 59.3 Å². The van der Waals surface area contributed by atoms with Gasteiger partial charge in [0.25, 0.3) is 0 Å². The minimum atomic E-state index is -0.915. The molecule has 30 heavy (non-hydrogen) atoms. The van der Waals surface area contributed by atoms with Crippen molar-refractivity contribution < 1.29 is 9.59 Å². The quantitative estimate of drug-likeness (QED) is 0.700. The highest BCUT2D eigenvalue weighted by Gasteiger charge is 2.53. The molecular formula is C23H30N4O2S. The second kappa shape index (κ2) is 7.61. The van der Waals surface area contributed by atoms with Crippen molar-refractivity contribution in [2.75, 3.05) is 5.75 Å². The van der Waals surface area contributed by atoms with Crippen LogP contribution in [0.25, 0.3) is 0 Å². The molecule has 2 atom stereocenters. The van der Waals surface area contributed by atoms with Gasteiger partial charge >= 0.3 is 0 Å². The maximum Gasteiger partial charge on any atom is 0.243 e. The lowest BCUT2D eigenvalue weighted by Gasteiger charge is -2.59. The first-order valence-corrected chi connectivity index (χ1v) is 11.9. The largest absolute Gasteiger partial charge is 0.352 e. The van der Waals surface area contributed by atoms with Crippen LogP contribution in [-0.4, -0.2) is 23.6 Å². The summed E-state index contributed by atoms with van der Waals surface area (Å²) in [5.74, 6) is 1.25. The van der Waals surface area contributed by atoms with Gasteiger partial charge in [-0.3, -0.25) is 9.59 Å². The van der Waals surface area contributed by atoms with Gasteiger partial charge in [-0.05, 0) is 68.6 Å². The summed E-state index contributed by atoms with van der Waals surface area (Å²) in [5.41, 5.74) is -0.273. The van der Waals surface area contributed by atoms with Gasteiger partial charge in [0.05, 0.1) is 28.5 Å². The lowest BCUT2D eigenvalue weighted by atomic mass is 9.48. The predicted octanol–water partition coefficient (Wildman–Crippen LogP) is 3.47. The maximum absolute atomic E-state index is 12.7. The Morgan fingerprint density at radius 1 is 1.20 bits per heavy atom. The zero-order valence-electron chi connectivity index (χ0n) is 18.0. The number of allylic oxidation sites excluding steroid dienone is 1. The highest BCUT2D eigenvalue weighted by atomic mass is 32.2. The number of carbonyl (C=O) groups excluding carboxylic acids is 2. The van der Waals surface area contributed by atoms with E-state index in [0.29, 0.717) is 10.6 Å². The topological polar surface area (TPSA) is 106 Å². The van der Waals surface area contributed by atoms with Gasteiger partial charge in [0.15, 0.2) is 0 Å². The summed E-state index contributed by atoms with van der Waals surface area (Å²) >= 11 is 1.18. The van der Waals surface area contributed by atoms with Gasteiger partial charge in [0, 0.05) is 11.5 Å². The number of carbonyl (C=O) groups is 2. The monoisotopic (exact) mass is 426 g/mol. The first-order chi connectivity index (χ1) is 14.2. The van der Waals surface area contributed by atoms with Crippen LogP contribution in [0, 0.1) is 57.2 Å². The zero-order chi connectivity index (χ0) is 21.7. The first kappa shape index (κ1) is 21.2. The summed E-state index contributed by atoms with van der Waals surface area (Å²) in [4.78, 5) is 25.0. The summed E-state index contributed by atoms with van der Waals surface area (Å²) in [6.07, 6.45) is 7.82. The molecule has 1 heterocycles.